The second-order valence-electron chi connectivity index (χ2n) is 6.31. The van der Waals surface area contributed by atoms with Gasteiger partial charge in [-0.3, -0.25) is 9.36 Å². The number of aromatic nitrogens is 4. The molecule has 0 N–H and O–H groups in total. The van der Waals surface area contributed by atoms with Crippen molar-refractivity contribution in [2.45, 2.75) is 19.9 Å². The van der Waals surface area contributed by atoms with E-state index in [1.54, 1.807) is 25.1 Å². The highest BCUT2D eigenvalue weighted by Gasteiger charge is 2.20. The molecule has 0 bridgehead atoms. The zero-order valence-corrected chi connectivity index (χ0v) is 16.9. The van der Waals surface area contributed by atoms with Crippen molar-refractivity contribution in [2.24, 2.45) is 0 Å². The highest BCUT2D eigenvalue weighted by molar-refractivity contribution is 7.20. The van der Waals surface area contributed by atoms with Crippen molar-refractivity contribution in [3.05, 3.63) is 80.5 Å². The zero-order chi connectivity index (χ0) is 21.8. The second kappa shape index (κ2) is 8.52. The molecule has 0 fully saturated rings. The summed E-state index contributed by atoms with van der Waals surface area (Å²) in [6.45, 7) is 9.27. The van der Waals surface area contributed by atoms with E-state index in [0.29, 0.717) is 20.7 Å². The predicted molar refractivity (Wildman–Crippen MR) is 115 cm³/mol. The summed E-state index contributed by atoms with van der Waals surface area (Å²) in [5.41, 5.74) is 0.688. The van der Waals surface area contributed by atoms with Gasteiger partial charge in [0, 0.05) is 17.0 Å². The third kappa shape index (κ3) is 3.62. The topological polar surface area (TPSA) is 117 Å². The molecule has 0 amide bonds. The maximum absolute atomic E-state index is 13.2. The molecule has 9 heteroatoms. The van der Waals surface area contributed by atoms with Crippen LogP contribution < -0.4 is 11.2 Å². The Kier molecular flexibility index (Phi) is 5.86. The number of rotatable bonds is 6. The van der Waals surface area contributed by atoms with E-state index in [0.717, 1.165) is 21.5 Å². The Balaban J connectivity index is 2.41. The van der Waals surface area contributed by atoms with E-state index in [2.05, 4.69) is 23.4 Å². The molecule has 0 unspecified atom stereocenters. The predicted octanol–water partition coefficient (Wildman–Crippen LogP) is 2.88. The van der Waals surface area contributed by atoms with Crippen LogP contribution in [0.1, 0.15) is 16.9 Å². The van der Waals surface area contributed by atoms with Gasteiger partial charge in [-0.25, -0.2) is 9.36 Å². The van der Waals surface area contributed by atoms with Gasteiger partial charge in [0.2, 0.25) is 0 Å². The Morgan fingerprint density at radius 3 is 2.73 bits per heavy atom. The quantitative estimate of drug-likeness (QED) is 0.450. The van der Waals surface area contributed by atoms with Gasteiger partial charge in [-0.15, -0.1) is 16.4 Å². The van der Waals surface area contributed by atoms with Crippen molar-refractivity contribution in [2.75, 3.05) is 0 Å². The van der Waals surface area contributed by atoms with Crippen LogP contribution in [0.5, 0.6) is 0 Å². The van der Waals surface area contributed by atoms with E-state index in [1.807, 2.05) is 12.1 Å². The van der Waals surface area contributed by atoms with Crippen LogP contribution in [-0.2, 0) is 6.54 Å². The van der Waals surface area contributed by atoms with Crippen LogP contribution in [0.4, 0.5) is 0 Å². The van der Waals surface area contributed by atoms with Gasteiger partial charge >= 0.3 is 5.69 Å². The number of nitrogens with zero attached hydrogens (tertiary/aromatic N) is 6. The molecule has 0 aliphatic rings. The SMILES string of the molecule is C=C/C=C(\C(=C)C#N)c1cc2c(s1)c(=O)n(-c1cc(C)cnn1)c(=O)n2CCC#N. The summed E-state index contributed by atoms with van der Waals surface area (Å²) in [7, 11) is 0. The van der Waals surface area contributed by atoms with Crippen LogP contribution in [0.3, 0.4) is 0 Å². The Morgan fingerprint density at radius 1 is 1.33 bits per heavy atom. The molecule has 3 aromatic heterocycles. The van der Waals surface area contributed by atoms with Gasteiger partial charge in [-0.05, 0) is 24.6 Å². The fourth-order valence-electron chi connectivity index (χ4n) is 2.93. The molecule has 8 nitrogen and oxygen atoms in total. The maximum Gasteiger partial charge on any atom is 0.337 e. The molecule has 0 saturated heterocycles. The van der Waals surface area contributed by atoms with Gasteiger partial charge in [0.1, 0.15) is 4.70 Å². The van der Waals surface area contributed by atoms with E-state index in [4.69, 9.17) is 5.26 Å². The highest BCUT2D eigenvalue weighted by atomic mass is 32.1. The summed E-state index contributed by atoms with van der Waals surface area (Å²) in [5.74, 6) is 0.107. The van der Waals surface area contributed by atoms with E-state index >= 15 is 0 Å². The molecular weight excluding hydrogens is 400 g/mol. The lowest BCUT2D eigenvalue weighted by Gasteiger charge is -2.10. The second-order valence-corrected chi connectivity index (χ2v) is 7.36. The smallest absolute Gasteiger partial charge is 0.291 e. The maximum atomic E-state index is 13.2. The van der Waals surface area contributed by atoms with Crippen LogP contribution in [0.15, 0.2) is 58.8 Å². The van der Waals surface area contributed by atoms with Crippen molar-refractivity contribution in [1.82, 2.24) is 19.3 Å². The van der Waals surface area contributed by atoms with E-state index in [-0.39, 0.29) is 24.4 Å². The standard InChI is InChI=1S/C21H16N6O2S/c1-4-6-15(14(3)11-23)17-10-16-19(30-17)20(28)27(18-9-13(2)12-24-25-18)21(29)26(16)8-5-7-22/h4,6,9-10,12H,1,3,5,8H2,2H3/b15-6+. The number of hydrogen-bond acceptors (Lipinski definition) is 7. The summed E-state index contributed by atoms with van der Waals surface area (Å²) < 4.78 is 2.62. The molecule has 3 aromatic rings. The fraction of sp³-hybridized carbons (Fsp3) is 0.143. The zero-order valence-electron chi connectivity index (χ0n) is 16.1. The minimum Gasteiger partial charge on any atom is -0.291 e. The third-order valence-corrected chi connectivity index (χ3v) is 5.43. The molecule has 0 saturated carbocycles. The van der Waals surface area contributed by atoms with Crippen LogP contribution in [0.25, 0.3) is 21.6 Å². The first kappa shape index (κ1) is 20.6. The highest BCUT2D eigenvalue weighted by Crippen LogP contribution is 2.31. The minimum absolute atomic E-state index is 0.0815. The summed E-state index contributed by atoms with van der Waals surface area (Å²) in [6, 6.07) is 7.25. The lowest BCUT2D eigenvalue weighted by molar-refractivity contribution is 0.655. The van der Waals surface area contributed by atoms with Crippen molar-refractivity contribution in [1.29, 1.82) is 10.5 Å². The Morgan fingerprint density at radius 2 is 2.10 bits per heavy atom. The number of hydrogen-bond donors (Lipinski definition) is 0. The van der Waals surface area contributed by atoms with Gasteiger partial charge in [0.15, 0.2) is 5.82 Å². The summed E-state index contributed by atoms with van der Waals surface area (Å²) in [6.07, 6.45) is 4.74. The van der Waals surface area contributed by atoms with E-state index in [1.165, 1.54) is 16.8 Å². The van der Waals surface area contributed by atoms with Gasteiger partial charge in [0.25, 0.3) is 5.56 Å². The number of nitriles is 2. The van der Waals surface area contributed by atoms with Gasteiger partial charge < -0.3 is 0 Å². The molecule has 0 aliphatic carbocycles. The first-order chi connectivity index (χ1) is 14.4. The molecule has 0 radical (unpaired) electrons. The van der Waals surface area contributed by atoms with Gasteiger partial charge in [-0.2, -0.15) is 15.6 Å². The van der Waals surface area contributed by atoms with Crippen molar-refractivity contribution in [3.8, 4) is 18.0 Å². The first-order valence-corrected chi connectivity index (χ1v) is 9.63. The molecular formula is C21H16N6O2S. The van der Waals surface area contributed by atoms with Crippen LogP contribution >= 0.6 is 11.3 Å². The summed E-state index contributed by atoms with van der Waals surface area (Å²) in [5, 5.41) is 26.0. The molecule has 0 atom stereocenters. The number of fused-ring (bicyclic) bond motifs is 1. The van der Waals surface area contributed by atoms with Crippen molar-refractivity contribution in [3.63, 3.8) is 0 Å². The first-order valence-electron chi connectivity index (χ1n) is 8.81. The Hall–Kier alpha value is -4.08. The third-order valence-electron chi connectivity index (χ3n) is 4.29. The summed E-state index contributed by atoms with van der Waals surface area (Å²) >= 11 is 1.13. The largest absolute Gasteiger partial charge is 0.337 e. The van der Waals surface area contributed by atoms with Crippen LogP contribution in [0.2, 0.25) is 0 Å². The number of allylic oxidation sites excluding steroid dienone is 4. The summed E-state index contributed by atoms with van der Waals surface area (Å²) in [4.78, 5) is 27.0. The molecule has 0 aromatic carbocycles. The normalized spacial score (nSPS) is 11.1. The van der Waals surface area contributed by atoms with Crippen molar-refractivity contribution < 1.29 is 0 Å². The van der Waals surface area contributed by atoms with Crippen LogP contribution in [0, 0.1) is 29.6 Å². The number of aryl methyl sites for hydroxylation is 2. The van der Waals surface area contributed by atoms with E-state index < -0.39 is 11.2 Å². The minimum atomic E-state index is -0.611. The molecule has 0 spiro atoms. The van der Waals surface area contributed by atoms with Gasteiger partial charge in [-0.1, -0.05) is 25.3 Å². The molecule has 30 heavy (non-hydrogen) atoms. The molecule has 3 rings (SSSR count). The molecule has 148 valence electrons. The lowest BCUT2D eigenvalue weighted by Crippen LogP contribution is -2.39. The van der Waals surface area contributed by atoms with Gasteiger partial charge in [0.05, 0.1) is 35.8 Å². The average molecular weight is 416 g/mol. The fourth-order valence-corrected chi connectivity index (χ4v) is 4.07. The Labute approximate surface area is 175 Å². The number of thiophene rings is 1. The van der Waals surface area contributed by atoms with E-state index in [9.17, 15) is 14.9 Å². The molecule has 3 heterocycles. The average Bonchev–Trinajstić information content (AvgIpc) is 3.16. The monoisotopic (exact) mass is 416 g/mol. The van der Waals surface area contributed by atoms with Crippen LogP contribution in [-0.4, -0.2) is 19.3 Å². The Bertz CT molecular complexity index is 1410. The lowest BCUT2D eigenvalue weighted by atomic mass is 10.1. The van der Waals surface area contributed by atoms with Crippen molar-refractivity contribution >= 4 is 27.1 Å². The molecule has 0 aliphatic heterocycles.